The first-order valence-electron chi connectivity index (χ1n) is 10.5. The van der Waals surface area contributed by atoms with Crippen LogP contribution in [-0.2, 0) is 11.3 Å². The number of ether oxygens (including phenoxy) is 1. The van der Waals surface area contributed by atoms with Gasteiger partial charge in [0.25, 0.3) is 0 Å². The lowest BCUT2D eigenvalue weighted by Gasteiger charge is -2.35. The van der Waals surface area contributed by atoms with E-state index in [1.807, 2.05) is 0 Å². The molecule has 1 aromatic carbocycles. The van der Waals surface area contributed by atoms with E-state index in [-0.39, 0.29) is 42.9 Å². The number of β-amino-alcohol motifs (C(OH)–C–C–N with tert-alkyl or cyclic N) is 1. The molecule has 9 nitrogen and oxygen atoms in total. The summed E-state index contributed by atoms with van der Waals surface area (Å²) in [6.45, 7) is 1.40. The van der Waals surface area contributed by atoms with Gasteiger partial charge in [-0.15, -0.1) is 13.2 Å². The highest BCUT2D eigenvalue weighted by atomic mass is 19.4. The number of nitrogens with two attached hydrogens (primary N) is 1. The van der Waals surface area contributed by atoms with E-state index in [4.69, 9.17) is 5.73 Å². The number of primary amides is 1. The van der Waals surface area contributed by atoms with Crippen molar-refractivity contribution >= 4 is 17.5 Å². The normalized spacial score (nSPS) is 19.0. The summed E-state index contributed by atoms with van der Waals surface area (Å²) in [6, 6.07) is 5.25. The largest absolute Gasteiger partial charge is 0.573 e. The predicted octanol–water partition coefficient (Wildman–Crippen LogP) is 1.73. The molecule has 4 N–H and O–H groups in total. The van der Waals surface area contributed by atoms with Gasteiger partial charge in [-0.2, -0.15) is 4.39 Å². The van der Waals surface area contributed by atoms with E-state index in [0.29, 0.717) is 25.1 Å². The third kappa shape index (κ3) is 7.15. The zero-order valence-corrected chi connectivity index (χ0v) is 18.4. The van der Waals surface area contributed by atoms with E-state index in [0.717, 1.165) is 0 Å². The van der Waals surface area contributed by atoms with Gasteiger partial charge in [0.15, 0.2) is 11.6 Å². The topological polar surface area (TPSA) is 117 Å². The monoisotopic (exact) mass is 486 g/mol. The van der Waals surface area contributed by atoms with Gasteiger partial charge in [-0.05, 0) is 30.7 Å². The minimum absolute atomic E-state index is 0.00458. The van der Waals surface area contributed by atoms with Gasteiger partial charge in [0, 0.05) is 32.6 Å². The highest BCUT2D eigenvalue weighted by molar-refractivity contribution is 5.75. The molecule has 2 heterocycles. The molecule has 1 saturated heterocycles. The van der Waals surface area contributed by atoms with Gasteiger partial charge in [-0.1, -0.05) is 12.1 Å². The number of hydrogen-bond donors (Lipinski definition) is 3. The average molecular weight is 486 g/mol. The van der Waals surface area contributed by atoms with Gasteiger partial charge in [0.2, 0.25) is 11.7 Å². The van der Waals surface area contributed by atoms with Gasteiger partial charge < -0.3 is 25.8 Å². The maximum Gasteiger partial charge on any atom is 0.573 e. The molecule has 0 aliphatic carbocycles. The number of nitrogens with zero attached hydrogens (tertiary/aromatic N) is 4. The smallest absolute Gasteiger partial charge is 0.406 e. The average Bonchev–Trinajstić information content (AvgIpc) is 2.74. The molecule has 13 heteroatoms. The van der Waals surface area contributed by atoms with Gasteiger partial charge >= 0.3 is 6.36 Å². The Balaban J connectivity index is 1.58. The van der Waals surface area contributed by atoms with E-state index in [1.54, 1.807) is 11.9 Å². The molecule has 1 fully saturated rings. The third-order valence-electron chi connectivity index (χ3n) is 5.43. The van der Waals surface area contributed by atoms with Crippen molar-refractivity contribution in [3.05, 3.63) is 42.0 Å². The van der Waals surface area contributed by atoms with Gasteiger partial charge in [0.05, 0.1) is 12.6 Å². The number of nitrogens with one attached hydrogen (secondary N) is 1. The van der Waals surface area contributed by atoms with E-state index in [1.165, 1.54) is 35.5 Å². The zero-order valence-electron chi connectivity index (χ0n) is 18.4. The number of benzene rings is 1. The molecule has 1 aliphatic heterocycles. The Hall–Kier alpha value is -3.19. The van der Waals surface area contributed by atoms with E-state index >= 15 is 4.39 Å². The van der Waals surface area contributed by atoms with Crippen molar-refractivity contribution in [3.8, 4) is 5.75 Å². The van der Waals surface area contributed by atoms with E-state index in [9.17, 15) is 23.1 Å². The molecule has 1 aliphatic rings. The van der Waals surface area contributed by atoms with Crippen LogP contribution in [0.5, 0.6) is 5.75 Å². The Bertz CT molecular complexity index is 976. The van der Waals surface area contributed by atoms with Gasteiger partial charge in [-0.25, -0.2) is 9.97 Å². The molecule has 0 saturated carbocycles. The molecule has 1 aromatic heterocycles. The summed E-state index contributed by atoms with van der Waals surface area (Å²) in [5, 5.41) is 13.3. The van der Waals surface area contributed by atoms with Crippen LogP contribution in [-0.4, -0.2) is 71.6 Å². The molecule has 2 unspecified atom stereocenters. The summed E-state index contributed by atoms with van der Waals surface area (Å²) >= 11 is 0. The van der Waals surface area contributed by atoms with Crippen LogP contribution in [0.4, 0.5) is 29.2 Å². The van der Waals surface area contributed by atoms with Crippen molar-refractivity contribution in [1.29, 1.82) is 0 Å². The lowest BCUT2D eigenvalue weighted by Crippen LogP contribution is -2.48. The lowest BCUT2D eigenvalue weighted by molar-refractivity contribution is -0.274. The van der Waals surface area contributed by atoms with Crippen molar-refractivity contribution in [3.63, 3.8) is 0 Å². The predicted molar refractivity (Wildman–Crippen MR) is 115 cm³/mol. The van der Waals surface area contributed by atoms with Crippen LogP contribution in [0.3, 0.4) is 0 Å². The Morgan fingerprint density at radius 2 is 2.03 bits per heavy atom. The molecule has 0 radical (unpaired) electrons. The highest BCUT2D eigenvalue weighted by Crippen LogP contribution is 2.26. The summed E-state index contributed by atoms with van der Waals surface area (Å²) in [7, 11) is 1.59. The van der Waals surface area contributed by atoms with Crippen molar-refractivity contribution in [2.24, 2.45) is 11.7 Å². The van der Waals surface area contributed by atoms with Crippen LogP contribution >= 0.6 is 0 Å². The first-order valence-corrected chi connectivity index (χ1v) is 10.5. The Morgan fingerprint density at radius 3 is 2.65 bits per heavy atom. The van der Waals surface area contributed by atoms with Gasteiger partial charge in [-0.3, -0.25) is 9.69 Å². The maximum atomic E-state index is 15.0. The number of rotatable bonds is 9. The Kier molecular flexibility index (Phi) is 8.10. The third-order valence-corrected chi connectivity index (χ3v) is 5.43. The number of amides is 1. The van der Waals surface area contributed by atoms with Crippen molar-refractivity contribution < 1.29 is 32.2 Å². The minimum Gasteiger partial charge on any atom is -0.406 e. The summed E-state index contributed by atoms with van der Waals surface area (Å²) in [6.07, 6.45) is -3.70. The second-order valence-electron chi connectivity index (χ2n) is 8.11. The molecular formula is C21H26F4N6O3. The van der Waals surface area contributed by atoms with Crippen LogP contribution < -0.4 is 20.7 Å². The molecule has 2 atom stereocenters. The van der Waals surface area contributed by atoms with Gasteiger partial charge in [0.1, 0.15) is 12.1 Å². The number of halogens is 4. The summed E-state index contributed by atoms with van der Waals surface area (Å²) in [5.74, 6) is -1.70. The van der Waals surface area contributed by atoms with Crippen molar-refractivity contribution in [2.45, 2.75) is 25.4 Å². The fourth-order valence-corrected chi connectivity index (χ4v) is 3.77. The van der Waals surface area contributed by atoms with Crippen LogP contribution in [0.2, 0.25) is 0 Å². The first kappa shape index (κ1) is 25.4. The van der Waals surface area contributed by atoms with Crippen LogP contribution in [0.15, 0.2) is 30.6 Å². The quantitative estimate of drug-likeness (QED) is 0.459. The second kappa shape index (κ2) is 10.8. The molecule has 2 aromatic rings. The number of alkyl halides is 3. The Labute approximate surface area is 193 Å². The molecule has 0 bridgehead atoms. The van der Waals surface area contributed by atoms with Crippen LogP contribution in [0, 0.1) is 11.7 Å². The number of aromatic nitrogens is 2. The second-order valence-corrected chi connectivity index (χ2v) is 8.11. The van der Waals surface area contributed by atoms with E-state index < -0.39 is 24.2 Å². The first-order chi connectivity index (χ1) is 16.0. The lowest BCUT2D eigenvalue weighted by atomic mass is 9.94. The number of carbonyl (C=O) groups is 1. The molecule has 34 heavy (non-hydrogen) atoms. The number of hydrogen-bond acceptors (Lipinski definition) is 8. The standard InChI is InChI=1S/C21H26F4N6O3/c1-30(9-13-2-4-15(5-3-13)34-21(23,24)25)20-18(22)19(28-12-29-20)27-8-14-6-7-31(10-16(14)32)11-17(26)33/h2-5,12,14,16,32H,6-11H2,1H3,(H2,26,33)(H,27,28,29). The van der Waals surface area contributed by atoms with Crippen molar-refractivity contribution in [2.75, 3.05) is 43.4 Å². The van der Waals surface area contributed by atoms with E-state index in [2.05, 4.69) is 20.0 Å². The summed E-state index contributed by atoms with van der Waals surface area (Å²) in [4.78, 5) is 22.2. The number of aliphatic hydroxyl groups excluding tert-OH is 1. The molecule has 3 rings (SSSR count). The van der Waals surface area contributed by atoms with Crippen LogP contribution in [0.25, 0.3) is 0 Å². The molecule has 0 spiro atoms. The molecule has 1 amide bonds. The zero-order chi connectivity index (χ0) is 24.9. The Morgan fingerprint density at radius 1 is 1.32 bits per heavy atom. The fourth-order valence-electron chi connectivity index (χ4n) is 3.77. The SMILES string of the molecule is CN(Cc1ccc(OC(F)(F)F)cc1)c1ncnc(NCC2CCN(CC(N)=O)CC2O)c1F. The molecule has 186 valence electrons. The van der Waals surface area contributed by atoms with Crippen molar-refractivity contribution in [1.82, 2.24) is 14.9 Å². The minimum atomic E-state index is -4.78. The maximum absolute atomic E-state index is 15.0. The molecular weight excluding hydrogens is 460 g/mol. The van der Waals surface area contributed by atoms with Crippen LogP contribution in [0.1, 0.15) is 12.0 Å². The number of aliphatic hydroxyl groups is 1. The summed E-state index contributed by atoms with van der Waals surface area (Å²) in [5.41, 5.74) is 5.81. The number of piperidine rings is 1. The fraction of sp³-hybridized carbons (Fsp3) is 0.476. The number of anilines is 2. The number of carbonyl (C=O) groups excluding carboxylic acids is 1. The summed E-state index contributed by atoms with van der Waals surface area (Å²) < 4.78 is 55.8. The number of likely N-dealkylation sites (tertiary alicyclic amines) is 1. The highest BCUT2D eigenvalue weighted by Gasteiger charge is 2.31.